The monoisotopic (exact) mass is 252 g/mol. The van der Waals surface area contributed by atoms with Gasteiger partial charge in [-0.25, -0.2) is 0 Å². The Bertz CT molecular complexity index is 371. The summed E-state index contributed by atoms with van der Waals surface area (Å²) in [5.41, 5.74) is 1.33. The summed E-state index contributed by atoms with van der Waals surface area (Å²) in [6.45, 7) is 10.7. The van der Waals surface area contributed by atoms with Crippen LogP contribution in [0.4, 0.5) is 5.82 Å². The van der Waals surface area contributed by atoms with Crippen LogP contribution in [0.1, 0.15) is 19.5 Å². The molecule has 1 saturated heterocycles. The Hall–Kier alpha value is -1.07. The van der Waals surface area contributed by atoms with Crippen molar-refractivity contribution in [2.45, 2.75) is 26.9 Å². The molecule has 2 aliphatic rings. The van der Waals surface area contributed by atoms with Crippen molar-refractivity contribution >= 4 is 5.82 Å². The Balaban J connectivity index is 0.000000574. The maximum atomic E-state index is 5.36. The third-order valence-electron chi connectivity index (χ3n) is 3.31. The first-order valence-corrected chi connectivity index (χ1v) is 6.91. The number of ether oxygens (including phenoxy) is 1. The Morgan fingerprint density at radius 3 is 2.56 bits per heavy atom. The summed E-state index contributed by atoms with van der Waals surface area (Å²) in [7, 11) is 2.16. The lowest BCUT2D eigenvalue weighted by atomic mass is 10.3. The van der Waals surface area contributed by atoms with Gasteiger partial charge in [-0.1, -0.05) is 13.8 Å². The van der Waals surface area contributed by atoms with E-state index in [2.05, 4.69) is 32.7 Å². The predicted octanol–water partition coefficient (Wildman–Crippen LogP) is 1.19. The first kappa shape index (κ1) is 13.4. The van der Waals surface area contributed by atoms with Crippen molar-refractivity contribution in [3.63, 3.8) is 0 Å². The first-order valence-electron chi connectivity index (χ1n) is 6.91. The fraction of sp³-hybridized carbons (Fsp3) is 0.769. The van der Waals surface area contributed by atoms with Gasteiger partial charge >= 0.3 is 0 Å². The Kier molecular flexibility index (Phi) is 4.60. The summed E-state index contributed by atoms with van der Waals surface area (Å²) in [4.78, 5) is 4.65. The molecule has 5 heteroatoms. The minimum absolute atomic E-state index is 0.822. The summed E-state index contributed by atoms with van der Waals surface area (Å²) in [5.74, 6) is 1.12. The number of rotatable bonds is 1. The summed E-state index contributed by atoms with van der Waals surface area (Å²) in [6.07, 6.45) is 0. The zero-order valence-corrected chi connectivity index (χ0v) is 11.7. The molecule has 1 aromatic heterocycles. The topological polar surface area (TPSA) is 33.5 Å². The Labute approximate surface area is 109 Å². The van der Waals surface area contributed by atoms with E-state index in [9.17, 15) is 0 Å². The normalized spacial score (nSPS) is 20.1. The quantitative estimate of drug-likeness (QED) is 0.752. The van der Waals surface area contributed by atoms with E-state index in [1.54, 1.807) is 0 Å². The fourth-order valence-electron chi connectivity index (χ4n) is 2.33. The molecule has 0 N–H and O–H groups in total. The van der Waals surface area contributed by atoms with E-state index >= 15 is 0 Å². The molecule has 1 fully saturated rings. The molecule has 0 aromatic carbocycles. The van der Waals surface area contributed by atoms with Gasteiger partial charge in [0.25, 0.3) is 0 Å². The molecule has 0 radical (unpaired) electrons. The molecule has 0 amide bonds. The maximum absolute atomic E-state index is 5.36. The average molecular weight is 252 g/mol. The van der Waals surface area contributed by atoms with E-state index in [1.807, 2.05) is 13.8 Å². The van der Waals surface area contributed by atoms with Crippen molar-refractivity contribution in [2.75, 3.05) is 44.8 Å². The van der Waals surface area contributed by atoms with Crippen LogP contribution in [0.2, 0.25) is 0 Å². The molecule has 5 nitrogen and oxygen atoms in total. The van der Waals surface area contributed by atoms with Gasteiger partial charge in [0.15, 0.2) is 5.82 Å². The van der Waals surface area contributed by atoms with E-state index in [4.69, 9.17) is 4.74 Å². The average Bonchev–Trinajstić information content (AvgIpc) is 2.85. The molecular weight excluding hydrogens is 228 g/mol. The summed E-state index contributed by atoms with van der Waals surface area (Å²) in [6, 6.07) is 2.22. The second-order valence-electron chi connectivity index (χ2n) is 4.55. The van der Waals surface area contributed by atoms with Crippen LogP contribution in [-0.4, -0.2) is 54.6 Å². The van der Waals surface area contributed by atoms with Crippen molar-refractivity contribution in [1.29, 1.82) is 0 Å². The van der Waals surface area contributed by atoms with Gasteiger partial charge in [0.2, 0.25) is 0 Å². The van der Waals surface area contributed by atoms with E-state index in [0.717, 1.165) is 51.8 Å². The van der Waals surface area contributed by atoms with E-state index in [-0.39, 0.29) is 0 Å². The van der Waals surface area contributed by atoms with Crippen molar-refractivity contribution in [3.8, 4) is 0 Å². The number of anilines is 1. The molecule has 0 atom stereocenters. The van der Waals surface area contributed by atoms with Crippen LogP contribution in [0.15, 0.2) is 6.07 Å². The molecule has 102 valence electrons. The highest BCUT2D eigenvalue weighted by Crippen LogP contribution is 2.19. The fourth-order valence-corrected chi connectivity index (χ4v) is 2.33. The van der Waals surface area contributed by atoms with Gasteiger partial charge in [0.1, 0.15) is 0 Å². The molecule has 3 rings (SSSR count). The molecule has 0 bridgehead atoms. The smallest absolute Gasteiger partial charge is 0.151 e. The second-order valence-corrected chi connectivity index (χ2v) is 4.55. The standard InChI is InChI=1S/C11H18N4O.C2H6/c1-13-2-3-15-10(9-13)8-11(12-15)14-4-6-16-7-5-14;1-2/h8H,2-7,9H2,1H3;1-2H3. The van der Waals surface area contributed by atoms with Crippen LogP contribution in [0.3, 0.4) is 0 Å². The van der Waals surface area contributed by atoms with Crippen LogP contribution in [0.5, 0.6) is 0 Å². The highest BCUT2D eigenvalue weighted by molar-refractivity contribution is 5.40. The molecule has 18 heavy (non-hydrogen) atoms. The highest BCUT2D eigenvalue weighted by Gasteiger charge is 2.19. The first-order chi connectivity index (χ1) is 8.83. The molecule has 2 aliphatic heterocycles. The lowest BCUT2D eigenvalue weighted by Gasteiger charge is -2.26. The number of aromatic nitrogens is 2. The minimum Gasteiger partial charge on any atom is -0.378 e. The third-order valence-corrected chi connectivity index (χ3v) is 3.31. The van der Waals surface area contributed by atoms with Gasteiger partial charge in [-0.3, -0.25) is 9.58 Å². The van der Waals surface area contributed by atoms with Crippen LogP contribution < -0.4 is 4.90 Å². The molecule has 0 spiro atoms. The van der Waals surface area contributed by atoms with Gasteiger partial charge in [-0.2, -0.15) is 5.10 Å². The van der Waals surface area contributed by atoms with Gasteiger partial charge in [-0.05, 0) is 7.05 Å². The minimum atomic E-state index is 0.822. The molecule has 0 unspecified atom stereocenters. The Morgan fingerprint density at radius 2 is 1.83 bits per heavy atom. The van der Waals surface area contributed by atoms with Crippen molar-refractivity contribution < 1.29 is 4.74 Å². The summed E-state index contributed by atoms with van der Waals surface area (Å²) < 4.78 is 7.50. The van der Waals surface area contributed by atoms with Crippen molar-refractivity contribution in [2.24, 2.45) is 0 Å². The van der Waals surface area contributed by atoms with E-state index in [0.29, 0.717) is 0 Å². The number of hydrogen-bond acceptors (Lipinski definition) is 4. The van der Waals surface area contributed by atoms with Gasteiger partial charge < -0.3 is 9.64 Å². The number of fused-ring (bicyclic) bond motifs is 1. The second kappa shape index (κ2) is 6.20. The lowest BCUT2D eigenvalue weighted by Crippen LogP contribution is -2.36. The third kappa shape index (κ3) is 2.84. The molecule has 1 aromatic rings. The van der Waals surface area contributed by atoms with Gasteiger partial charge in [-0.15, -0.1) is 0 Å². The van der Waals surface area contributed by atoms with E-state index < -0.39 is 0 Å². The van der Waals surface area contributed by atoms with Gasteiger partial charge in [0, 0.05) is 32.2 Å². The SMILES string of the molecule is CC.CN1CCn2nc(N3CCOCC3)cc2C1. The van der Waals surface area contributed by atoms with Crippen molar-refractivity contribution in [1.82, 2.24) is 14.7 Å². The molecule has 3 heterocycles. The number of likely N-dealkylation sites (N-methyl/N-ethyl adjacent to an activating group) is 1. The molecule has 0 saturated carbocycles. The predicted molar refractivity (Wildman–Crippen MR) is 72.9 cm³/mol. The highest BCUT2D eigenvalue weighted by atomic mass is 16.5. The van der Waals surface area contributed by atoms with Crippen LogP contribution in [0.25, 0.3) is 0 Å². The number of nitrogens with zero attached hydrogens (tertiary/aromatic N) is 4. The maximum Gasteiger partial charge on any atom is 0.151 e. The van der Waals surface area contributed by atoms with Gasteiger partial charge in [0.05, 0.1) is 25.5 Å². The van der Waals surface area contributed by atoms with Crippen molar-refractivity contribution in [3.05, 3.63) is 11.8 Å². The lowest BCUT2D eigenvalue weighted by molar-refractivity contribution is 0.122. The van der Waals surface area contributed by atoms with E-state index in [1.165, 1.54) is 5.69 Å². The summed E-state index contributed by atoms with van der Waals surface area (Å²) in [5, 5.41) is 4.67. The van der Waals surface area contributed by atoms with Crippen LogP contribution in [0, 0.1) is 0 Å². The van der Waals surface area contributed by atoms with Crippen LogP contribution >= 0.6 is 0 Å². The molecule has 0 aliphatic carbocycles. The molecular formula is C13H24N4O. The number of hydrogen-bond donors (Lipinski definition) is 0. The Morgan fingerprint density at radius 1 is 1.11 bits per heavy atom. The van der Waals surface area contributed by atoms with Crippen LogP contribution in [-0.2, 0) is 17.8 Å². The summed E-state index contributed by atoms with van der Waals surface area (Å²) >= 11 is 0. The largest absolute Gasteiger partial charge is 0.378 e. The number of morpholine rings is 1. The zero-order chi connectivity index (χ0) is 13.0. The zero-order valence-electron chi connectivity index (χ0n) is 11.7.